The van der Waals surface area contributed by atoms with Crippen molar-refractivity contribution in [2.75, 3.05) is 0 Å². The Hall–Kier alpha value is -1.82. The van der Waals surface area contributed by atoms with Crippen molar-refractivity contribution in [3.05, 3.63) is 83.6 Å². The van der Waals surface area contributed by atoms with E-state index in [0.29, 0.717) is 0 Å². The fourth-order valence-electron chi connectivity index (χ4n) is 2.59. The highest BCUT2D eigenvalue weighted by Gasteiger charge is 2.27. The molecule has 2 aliphatic carbocycles. The minimum Gasteiger partial charge on any atom is -0.0984 e. The quantitative estimate of drug-likeness (QED) is 0.642. The van der Waals surface area contributed by atoms with Crippen LogP contribution in [0.4, 0.5) is 0 Å². The first kappa shape index (κ1) is 11.7. The van der Waals surface area contributed by atoms with E-state index in [1.54, 1.807) is 0 Å². The molecule has 86 valence electrons. The van der Waals surface area contributed by atoms with Crippen LogP contribution in [0.3, 0.4) is 0 Å². The summed E-state index contributed by atoms with van der Waals surface area (Å²) >= 11 is 0. The minimum absolute atomic E-state index is 1.05. The van der Waals surface area contributed by atoms with E-state index in [9.17, 15) is 0 Å². The van der Waals surface area contributed by atoms with E-state index in [0.717, 1.165) is 12.8 Å². The topological polar surface area (TPSA) is 0 Å². The van der Waals surface area contributed by atoms with Gasteiger partial charge in [0.25, 0.3) is 0 Å². The summed E-state index contributed by atoms with van der Waals surface area (Å²) in [7, 11) is 0. The van der Waals surface area contributed by atoms with Crippen molar-refractivity contribution >= 4 is 0 Å². The lowest BCUT2D eigenvalue weighted by Gasteiger charge is -2.17. The summed E-state index contributed by atoms with van der Waals surface area (Å²) in [6.45, 7) is 14.1. The van der Waals surface area contributed by atoms with Gasteiger partial charge in [-0.25, -0.2) is 0 Å². The maximum Gasteiger partial charge on any atom is -0.00760 e. The third-order valence-electron chi connectivity index (χ3n) is 3.30. The van der Waals surface area contributed by atoms with Crippen molar-refractivity contribution in [3.8, 4) is 0 Å². The molecule has 0 aromatic rings. The molecule has 0 bridgehead atoms. The van der Waals surface area contributed by atoms with Crippen molar-refractivity contribution < 1.29 is 0 Å². The molecular weight excluding hydrogens is 204 g/mol. The van der Waals surface area contributed by atoms with Gasteiger partial charge in [0.05, 0.1) is 0 Å². The molecule has 0 aliphatic heterocycles. The van der Waals surface area contributed by atoms with E-state index in [-0.39, 0.29) is 0 Å². The van der Waals surface area contributed by atoms with Gasteiger partial charge in [-0.05, 0) is 53.2 Å². The van der Waals surface area contributed by atoms with Crippen LogP contribution in [0.1, 0.15) is 19.8 Å². The lowest BCUT2D eigenvalue weighted by molar-refractivity contribution is 0.957. The van der Waals surface area contributed by atoms with Gasteiger partial charge in [0, 0.05) is 0 Å². The molecule has 0 aromatic heterocycles. The fraction of sp³-hybridized carbons (Fsp3) is 0.176. The number of fused-ring (bicyclic) bond motifs is 1. The van der Waals surface area contributed by atoms with Crippen molar-refractivity contribution in [2.24, 2.45) is 0 Å². The third kappa shape index (κ3) is 1.70. The molecule has 0 heterocycles. The Morgan fingerprint density at radius 1 is 1.12 bits per heavy atom. The molecule has 0 spiro atoms. The van der Waals surface area contributed by atoms with E-state index >= 15 is 0 Å². The molecule has 0 N–H and O–H groups in total. The Balaban J connectivity index is 2.73. The highest BCUT2D eigenvalue weighted by Crippen LogP contribution is 2.45. The highest BCUT2D eigenvalue weighted by atomic mass is 14.3. The van der Waals surface area contributed by atoms with Crippen LogP contribution >= 0.6 is 0 Å². The lowest BCUT2D eigenvalue weighted by Crippen LogP contribution is -1.98. The summed E-state index contributed by atoms with van der Waals surface area (Å²) in [6.07, 6.45) is 12.5. The lowest BCUT2D eigenvalue weighted by atomic mass is 9.87. The molecule has 0 fully saturated rings. The second-order valence-corrected chi connectivity index (χ2v) is 4.28. The van der Waals surface area contributed by atoms with Crippen LogP contribution in [0.2, 0.25) is 0 Å². The number of allylic oxidation sites excluding steroid dienone is 11. The zero-order valence-corrected chi connectivity index (χ0v) is 10.4. The molecule has 0 nitrogen and oxygen atoms in total. The molecular formula is C17H18. The van der Waals surface area contributed by atoms with Crippen molar-refractivity contribution in [1.29, 1.82) is 0 Å². The summed E-state index contributed by atoms with van der Waals surface area (Å²) < 4.78 is 0. The summed E-state index contributed by atoms with van der Waals surface area (Å²) in [5.41, 5.74) is 7.44. The van der Waals surface area contributed by atoms with Gasteiger partial charge in [-0.1, -0.05) is 50.1 Å². The summed E-state index contributed by atoms with van der Waals surface area (Å²) in [5.74, 6) is 0. The van der Waals surface area contributed by atoms with Crippen LogP contribution in [0.25, 0.3) is 0 Å². The zero-order valence-electron chi connectivity index (χ0n) is 10.4. The Kier molecular flexibility index (Phi) is 3.14. The summed E-state index contributed by atoms with van der Waals surface area (Å²) in [5, 5.41) is 0. The molecule has 0 heteroatoms. The average Bonchev–Trinajstić information content (AvgIpc) is 2.64. The van der Waals surface area contributed by atoms with Crippen LogP contribution in [0.5, 0.6) is 0 Å². The van der Waals surface area contributed by atoms with Crippen molar-refractivity contribution in [3.63, 3.8) is 0 Å². The van der Waals surface area contributed by atoms with E-state index in [1.807, 2.05) is 19.1 Å². The molecule has 0 aromatic carbocycles. The first-order valence-electron chi connectivity index (χ1n) is 6.00. The standard InChI is InChI=1S/C17H18/c1-5-9-15-13(6-2)14(7-3)16-11-8-10-12(4)17(15)16/h5-7,9,11H,2-4,8,10H2,1H3/b9-5-. The molecule has 0 atom stereocenters. The summed E-state index contributed by atoms with van der Waals surface area (Å²) in [4.78, 5) is 0. The normalized spacial score (nSPS) is 19.8. The first-order chi connectivity index (χ1) is 8.24. The predicted molar refractivity (Wildman–Crippen MR) is 75.7 cm³/mol. The maximum absolute atomic E-state index is 4.20. The second-order valence-electron chi connectivity index (χ2n) is 4.28. The minimum atomic E-state index is 1.05. The molecule has 0 radical (unpaired) electrons. The number of hydrogen-bond donors (Lipinski definition) is 0. The third-order valence-corrected chi connectivity index (χ3v) is 3.30. The van der Waals surface area contributed by atoms with Gasteiger partial charge in [0.1, 0.15) is 0 Å². The molecule has 0 saturated carbocycles. The average molecular weight is 222 g/mol. The molecule has 0 amide bonds. The number of rotatable bonds is 3. The van der Waals surface area contributed by atoms with E-state index < -0.39 is 0 Å². The van der Waals surface area contributed by atoms with Gasteiger partial charge in [0.2, 0.25) is 0 Å². The Morgan fingerprint density at radius 3 is 2.41 bits per heavy atom. The van der Waals surface area contributed by atoms with Crippen molar-refractivity contribution in [1.82, 2.24) is 0 Å². The first-order valence-corrected chi connectivity index (χ1v) is 6.00. The van der Waals surface area contributed by atoms with Gasteiger partial charge in [-0.3, -0.25) is 0 Å². The molecule has 0 unspecified atom stereocenters. The highest BCUT2D eigenvalue weighted by molar-refractivity contribution is 5.77. The Morgan fingerprint density at radius 2 is 1.82 bits per heavy atom. The Labute approximate surface area is 104 Å². The van der Waals surface area contributed by atoms with Gasteiger partial charge in [-0.15, -0.1) is 0 Å². The van der Waals surface area contributed by atoms with E-state index in [1.165, 1.54) is 33.4 Å². The van der Waals surface area contributed by atoms with Crippen molar-refractivity contribution in [2.45, 2.75) is 19.8 Å². The van der Waals surface area contributed by atoms with Crippen LogP contribution in [-0.4, -0.2) is 0 Å². The van der Waals surface area contributed by atoms with E-state index in [2.05, 4.69) is 38.0 Å². The van der Waals surface area contributed by atoms with Gasteiger partial charge < -0.3 is 0 Å². The smallest absolute Gasteiger partial charge is 0.00760 e. The fourth-order valence-corrected chi connectivity index (χ4v) is 2.59. The largest absolute Gasteiger partial charge is 0.0984 e. The SMILES string of the molecule is C=CC1=C(C=C)C(/C=C\C)=C2C(=C)CCC=C12. The van der Waals surface area contributed by atoms with Gasteiger partial charge >= 0.3 is 0 Å². The second kappa shape index (κ2) is 4.58. The van der Waals surface area contributed by atoms with Gasteiger partial charge in [-0.2, -0.15) is 0 Å². The maximum atomic E-state index is 4.20. The number of hydrogen-bond acceptors (Lipinski definition) is 0. The summed E-state index contributed by atoms with van der Waals surface area (Å²) in [6, 6.07) is 0. The monoisotopic (exact) mass is 222 g/mol. The van der Waals surface area contributed by atoms with Crippen LogP contribution in [0.15, 0.2) is 83.6 Å². The van der Waals surface area contributed by atoms with E-state index in [4.69, 9.17) is 0 Å². The van der Waals surface area contributed by atoms with Crippen LogP contribution < -0.4 is 0 Å². The predicted octanol–water partition coefficient (Wildman–Crippen LogP) is 4.82. The van der Waals surface area contributed by atoms with Crippen LogP contribution in [-0.2, 0) is 0 Å². The Bertz CT molecular complexity index is 516. The van der Waals surface area contributed by atoms with Crippen LogP contribution in [0, 0.1) is 0 Å². The zero-order chi connectivity index (χ0) is 12.4. The molecule has 2 rings (SSSR count). The molecule has 2 aliphatic rings. The molecule has 17 heavy (non-hydrogen) atoms. The van der Waals surface area contributed by atoms with Gasteiger partial charge in [0.15, 0.2) is 0 Å². The molecule has 0 saturated heterocycles.